The number of nitrogens with zero attached hydrogens (tertiary/aromatic N) is 1. The Kier molecular flexibility index (Phi) is 8.02. The number of hydrogen-bond acceptors (Lipinski definition) is 8. The standard InChI is InChI=1S/C30H33F3N2O6/c1-7-41-28(37)25-23(16-12-21(38-4)26(40-6)22(13-16)39-5)24-19(14-29(2,3)15-20(24)36)35(27(25)34)18-11-9-8-10-17(18)30(31,32)33/h8-13,23H,7,14-15,34H2,1-6H3/t23-/m0/s1. The Bertz CT molecular complexity index is 1420. The highest BCUT2D eigenvalue weighted by Crippen LogP contribution is 2.53. The van der Waals surface area contributed by atoms with Gasteiger partial charge in [0.15, 0.2) is 17.3 Å². The number of ether oxygens (including phenoxy) is 4. The number of carbonyl (C=O) groups excluding carboxylic acids is 2. The van der Waals surface area contributed by atoms with E-state index in [9.17, 15) is 22.8 Å². The molecule has 2 aliphatic rings. The third-order valence-corrected chi connectivity index (χ3v) is 7.23. The number of alkyl halides is 3. The average molecular weight is 575 g/mol. The topological polar surface area (TPSA) is 100 Å². The van der Waals surface area contributed by atoms with Gasteiger partial charge in [-0.2, -0.15) is 13.2 Å². The Hall–Kier alpha value is -4.15. The second-order valence-electron chi connectivity index (χ2n) is 10.6. The molecule has 0 aromatic heterocycles. The number of halogens is 3. The van der Waals surface area contributed by atoms with Crippen molar-refractivity contribution in [1.29, 1.82) is 0 Å². The molecular formula is C30H33F3N2O6. The van der Waals surface area contributed by atoms with Crippen molar-refractivity contribution in [2.24, 2.45) is 11.1 Å². The van der Waals surface area contributed by atoms with Crippen LogP contribution in [0.4, 0.5) is 18.9 Å². The maximum atomic E-state index is 14.2. The number of ketones is 1. The van der Waals surface area contributed by atoms with Gasteiger partial charge < -0.3 is 24.7 Å². The normalized spacial score (nSPS) is 18.7. The van der Waals surface area contributed by atoms with Crippen LogP contribution in [0, 0.1) is 5.41 Å². The lowest BCUT2D eigenvalue weighted by Gasteiger charge is -2.44. The number of esters is 1. The van der Waals surface area contributed by atoms with Crippen molar-refractivity contribution in [1.82, 2.24) is 0 Å². The molecule has 0 saturated carbocycles. The van der Waals surface area contributed by atoms with Crippen LogP contribution >= 0.6 is 0 Å². The summed E-state index contributed by atoms with van der Waals surface area (Å²) in [5.74, 6) is -1.70. The van der Waals surface area contributed by atoms with E-state index in [-0.39, 0.29) is 70.8 Å². The van der Waals surface area contributed by atoms with Gasteiger partial charge in [-0.05, 0) is 48.6 Å². The van der Waals surface area contributed by atoms with Crippen LogP contribution in [0.25, 0.3) is 0 Å². The van der Waals surface area contributed by atoms with Gasteiger partial charge >= 0.3 is 12.1 Å². The molecule has 1 heterocycles. The summed E-state index contributed by atoms with van der Waals surface area (Å²) in [5.41, 5.74) is 5.51. The second-order valence-corrected chi connectivity index (χ2v) is 10.6. The zero-order chi connectivity index (χ0) is 30.3. The van der Waals surface area contributed by atoms with Crippen LogP contribution in [0.2, 0.25) is 0 Å². The summed E-state index contributed by atoms with van der Waals surface area (Å²) >= 11 is 0. The molecule has 2 N–H and O–H groups in total. The molecule has 2 aromatic rings. The molecule has 2 aromatic carbocycles. The number of methoxy groups -OCH3 is 3. The molecule has 220 valence electrons. The van der Waals surface area contributed by atoms with Crippen LogP contribution in [0.15, 0.2) is 59.1 Å². The average Bonchev–Trinajstić information content (AvgIpc) is 2.90. The molecule has 0 spiro atoms. The lowest BCUT2D eigenvalue weighted by Crippen LogP contribution is -2.44. The zero-order valence-corrected chi connectivity index (χ0v) is 23.8. The molecule has 0 radical (unpaired) electrons. The quantitative estimate of drug-likeness (QED) is 0.420. The fourth-order valence-corrected chi connectivity index (χ4v) is 5.60. The third kappa shape index (κ3) is 5.32. The van der Waals surface area contributed by atoms with Crippen LogP contribution in [0.5, 0.6) is 17.2 Å². The third-order valence-electron chi connectivity index (χ3n) is 7.23. The molecule has 4 rings (SSSR count). The number of para-hydroxylation sites is 1. The number of nitrogens with two attached hydrogens (primary N) is 1. The molecule has 0 unspecified atom stereocenters. The molecular weight excluding hydrogens is 541 g/mol. The minimum absolute atomic E-state index is 0.0242. The predicted molar refractivity (Wildman–Crippen MR) is 146 cm³/mol. The molecule has 0 amide bonds. The van der Waals surface area contributed by atoms with Crippen molar-refractivity contribution in [2.45, 2.75) is 45.7 Å². The van der Waals surface area contributed by atoms with E-state index in [2.05, 4.69) is 0 Å². The van der Waals surface area contributed by atoms with Crippen molar-refractivity contribution >= 4 is 17.4 Å². The Morgan fingerprint density at radius 3 is 2.20 bits per heavy atom. The summed E-state index contributed by atoms with van der Waals surface area (Å²) in [6, 6.07) is 8.11. The highest BCUT2D eigenvalue weighted by atomic mass is 19.4. The minimum Gasteiger partial charge on any atom is -0.493 e. The SMILES string of the molecule is CCOC(=O)C1=C(N)N(c2ccccc2C(F)(F)F)C2=C(C(=O)CC(C)(C)C2)[C@@H]1c1cc(OC)c(OC)c(OC)c1. The Morgan fingerprint density at radius 2 is 1.66 bits per heavy atom. The maximum Gasteiger partial charge on any atom is 0.418 e. The van der Waals surface area contributed by atoms with E-state index in [4.69, 9.17) is 24.7 Å². The Morgan fingerprint density at radius 1 is 1.05 bits per heavy atom. The molecule has 1 aliphatic heterocycles. The minimum atomic E-state index is -4.73. The first-order chi connectivity index (χ1) is 19.3. The van der Waals surface area contributed by atoms with E-state index >= 15 is 0 Å². The van der Waals surface area contributed by atoms with Gasteiger partial charge in [0.2, 0.25) is 5.75 Å². The highest BCUT2D eigenvalue weighted by Gasteiger charge is 2.48. The van der Waals surface area contributed by atoms with E-state index < -0.39 is 29.0 Å². The first-order valence-corrected chi connectivity index (χ1v) is 13.0. The molecule has 11 heteroatoms. The summed E-state index contributed by atoms with van der Waals surface area (Å²) in [6.07, 6.45) is -4.40. The van der Waals surface area contributed by atoms with Gasteiger partial charge in [0.25, 0.3) is 0 Å². The fourth-order valence-electron chi connectivity index (χ4n) is 5.60. The number of hydrogen-bond donors (Lipinski definition) is 1. The summed E-state index contributed by atoms with van der Waals surface area (Å²) in [4.78, 5) is 28.7. The number of rotatable bonds is 7. The van der Waals surface area contributed by atoms with E-state index in [1.807, 2.05) is 13.8 Å². The monoisotopic (exact) mass is 574 g/mol. The summed E-state index contributed by atoms with van der Waals surface area (Å²) in [5, 5.41) is 0. The van der Waals surface area contributed by atoms with Gasteiger partial charge in [-0.15, -0.1) is 0 Å². The lowest BCUT2D eigenvalue weighted by molar-refractivity contribution is -0.139. The van der Waals surface area contributed by atoms with Crippen LogP contribution in [0.3, 0.4) is 0 Å². The van der Waals surface area contributed by atoms with Gasteiger partial charge in [-0.25, -0.2) is 4.79 Å². The van der Waals surface area contributed by atoms with Crippen molar-refractivity contribution in [3.8, 4) is 17.2 Å². The largest absolute Gasteiger partial charge is 0.493 e. The van der Waals surface area contributed by atoms with E-state index in [1.54, 1.807) is 19.1 Å². The van der Waals surface area contributed by atoms with E-state index in [0.717, 1.165) is 6.07 Å². The van der Waals surface area contributed by atoms with Gasteiger partial charge in [0, 0.05) is 17.7 Å². The van der Waals surface area contributed by atoms with E-state index in [0.29, 0.717) is 5.56 Å². The summed E-state index contributed by atoms with van der Waals surface area (Å²) in [7, 11) is 4.28. The zero-order valence-electron chi connectivity index (χ0n) is 23.8. The fraction of sp³-hybridized carbons (Fsp3) is 0.400. The maximum absolute atomic E-state index is 14.2. The highest BCUT2D eigenvalue weighted by molar-refractivity contribution is 6.06. The van der Waals surface area contributed by atoms with E-state index in [1.165, 1.54) is 44.4 Å². The van der Waals surface area contributed by atoms with Crippen LogP contribution in [-0.4, -0.2) is 39.7 Å². The number of Topliss-reactive ketones (excluding diaryl/α,β-unsaturated/α-hetero) is 1. The smallest absolute Gasteiger partial charge is 0.418 e. The van der Waals surface area contributed by atoms with Gasteiger partial charge in [0.1, 0.15) is 5.82 Å². The first kappa shape index (κ1) is 29.8. The van der Waals surface area contributed by atoms with Gasteiger partial charge in [-0.3, -0.25) is 9.69 Å². The number of benzene rings is 2. The first-order valence-electron chi connectivity index (χ1n) is 13.0. The molecule has 0 bridgehead atoms. The van der Waals surface area contributed by atoms with Gasteiger partial charge in [0.05, 0.1) is 50.7 Å². The van der Waals surface area contributed by atoms with Crippen molar-refractivity contribution < 1.29 is 41.7 Å². The second kappa shape index (κ2) is 11.0. The summed E-state index contributed by atoms with van der Waals surface area (Å²) < 4.78 is 64.5. The molecule has 0 fully saturated rings. The molecule has 0 saturated heterocycles. The van der Waals surface area contributed by atoms with Crippen LogP contribution in [0.1, 0.15) is 50.7 Å². The van der Waals surface area contributed by atoms with Crippen molar-refractivity contribution in [3.05, 3.63) is 70.2 Å². The lowest BCUT2D eigenvalue weighted by atomic mass is 9.68. The van der Waals surface area contributed by atoms with Gasteiger partial charge in [-0.1, -0.05) is 26.0 Å². The number of anilines is 1. The predicted octanol–water partition coefficient (Wildman–Crippen LogP) is 5.71. The number of allylic oxidation sites excluding steroid dienone is 2. The number of carbonyl (C=O) groups is 2. The molecule has 1 aliphatic carbocycles. The molecule has 1 atom stereocenters. The molecule has 41 heavy (non-hydrogen) atoms. The molecule has 8 nitrogen and oxygen atoms in total. The Labute approximate surface area is 236 Å². The van der Waals surface area contributed by atoms with Crippen LogP contribution < -0.4 is 24.8 Å². The Balaban J connectivity index is 2.12. The van der Waals surface area contributed by atoms with Crippen LogP contribution in [-0.2, 0) is 20.5 Å². The summed E-state index contributed by atoms with van der Waals surface area (Å²) in [6.45, 7) is 5.29. The van der Waals surface area contributed by atoms with Crippen molar-refractivity contribution in [3.63, 3.8) is 0 Å². The van der Waals surface area contributed by atoms with Crippen molar-refractivity contribution in [2.75, 3.05) is 32.8 Å².